The lowest BCUT2D eigenvalue weighted by Crippen LogP contribution is -2.01. The van der Waals surface area contributed by atoms with Crippen LogP contribution in [-0.2, 0) is 0 Å². The highest BCUT2D eigenvalue weighted by Gasteiger charge is 2.04. The predicted octanol–water partition coefficient (Wildman–Crippen LogP) is 2.73. The van der Waals surface area contributed by atoms with E-state index in [2.05, 4.69) is 10.3 Å². The number of halogens is 2. The first-order valence-corrected chi connectivity index (χ1v) is 5.88. The second-order valence-electron chi connectivity index (χ2n) is 3.42. The zero-order valence-corrected chi connectivity index (χ0v) is 10.9. The lowest BCUT2D eigenvalue weighted by atomic mass is 10.3. The van der Waals surface area contributed by atoms with Crippen LogP contribution in [0.1, 0.15) is 0 Å². The quantitative estimate of drug-likeness (QED) is 0.732. The normalized spacial score (nSPS) is 10.2. The van der Waals surface area contributed by atoms with Gasteiger partial charge < -0.3 is 16.8 Å². The van der Waals surface area contributed by atoms with Crippen LogP contribution in [0.25, 0.3) is 0 Å². The Morgan fingerprint density at radius 2 is 1.94 bits per heavy atom. The van der Waals surface area contributed by atoms with Crippen molar-refractivity contribution in [3.63, 3.8) is 0 Å². The van der Waals surface area contributed by atoms with Gasteiger partial charge in [-0.25, -0.2) is 9.37 Å². The van der Waals surface area contributed by atoms with Gasteiger partial charge >= 0.3 is 0 Å². The van der Waals surface area contributed by atoms with Crippen LogP contribution in [-0.4, -0.2) is 4.98 Å². The number of nitrogens with one attached hydrogen (secondary N) is 1. The van der Waals surface area contributed by atoms with E-state index < -0.39 is 0 Å². The Morgan fingerprint density at radius 3 is 2.59 bits per heavy atom. The smallest absolute Gasteiger partial charge is 0.149 e. The van der Waals surface area contributed by atoms with Crippen molar-refractivity contribution < 1.29 is 4.39 Å². The fraction of sp³-hybridized carbons (Fsp3) is 0. The van der Waals surface area contributed by atoms with Crippen molar-refractivity contribution in [2.75, 3.05) is 16.8 Å². The van der Waals surface area contributed by atoms with Gasteiger partial charge in [0, 0.05) is 3.57 Å². The molecule has 2 rings (SSSR count). The highest BCUT2D eigenvalue weighted by Crippen LogP contribution is 2.24. The topological polar surface area (TPSA) is 77.0 Å². The van der Waals surface area contributed by atoms with Crippen molar-refractivity contribution in [3.05, 3.63) is 39.7 Å². The molecule has 1 aromatic heterocycles. The summed E-state index contributed by atoms with van der Waals surface area (Å²) < 4.78 is 13.7. The monoisotopic (exact) mass is 344 g/mol. The van der Waals surface area contributed by atoms with Crippen molar-refractivity contribution in [3.8, 4) is 0 Å². The van der Waals surface area contributed by atoms with Gasteiger partial charge in [0.15, 0.2) is 0 Å². The molecule has 0 aliphatic heterocycles. The molecule has 0 fully saturated rings. The summed E-state index contributed by atoms with van der Waals surface area (Å²) in [5.74, 6) is 0.568. The summed E-state index contributed by atoms with van der Waals surface area (Å²) >= 11 is 2.04. The highest BCUT2D eigenvalue weighted by molar-refractivity contribution is 14.1. The Balaban J connectivity index is 2.28. The van der Waals surface area contributed by atoms with E-state index in [1.54, 1.807) is 18.2 Å². The van der Waals surface area contributed by atoms with Crippen LogP contribution >= 0.6 is 22.6 Å². The van der Waals surface area contributed by atoms with Crippen molar-refractivity contribution in [1.29, 1.82) is 0 Å². The van der Waals surface area contributed by atoms with Gasteiger partial charge in [-0.1, -0.05) is 0 Å². The average molecular weight is 344 g/mol. The number of hydrogen-bond donors (Lipinski definition) is 3. The van der Waals surface area contributed by atoms with Gasteiger partial charge in [-0.2, -0.15) is 0 Å². The fourth-order valence-electron chi connectivity index (χ4n) is 1.28. The number of nitrogens with zero attached hydrogens (tertiary/aromatic N) is 1. The maximum atomic E-state index is 12.9. The Bertz CT molecular complexity index is 559. The van der Waals surface area contributed by atoms with E-state index in [4.69, 9.17) is 11.5 Å². The number of hydrogen-bond acceptors (Lipinski definition) is 4. The molecule has 0 saturated carbocycles. The van der Waals surface area contributed by atoms with Gasteiger partial charge in [0.05, 0.1) is 11.4 Å². The molecule has 0 aliphatic carbocycles. The number of anilines is 4. The van der Waals surface area contributed by atoms with Crippen LogP contribution in [0.3, 0.4) is 0 Å². The number of pyridine rings is 1. The fourth-order valence-corrected chi connectivity index (χ4v) is 1.90. The third kappa shape index (κ3) is 2.76. The minimum Gasteiger partial charge on any atom is -0.396 e. The Hall–Kier alpha value is -1.57. The molecule has 0 bridgehead atoms. The van der Waals surface area contributed by atoms with E-state index in [9.17, 15) is 4.39 Å². The van der Waals surface area contributed by atoms with E-state index in [0.29, 0.717) is 11.5 Å². The molecule has 0 aliphatic rings. The van der Waals surface area contributed by atoms with Crippen LogP contribution in [0.15, 0.2) is 30.3 Å². The molecule has 0 amide bonds. The first-order valence-electron chi connectivity index (χ1n) is 4.80. The predicted molar refractivity (Wildman–Crippen MR) is 75.5 cm³/mol. The summed E-state index contributed by atoms with van der Waals surface area (Å²) in [5.41, 5.74) is 12.4. The minimum absolute atomic E-state index is 0.270. The van der Waals surface area contributed by atoms with Crippen LogP contribution in [0, 0.1) is 9.39 Å². The number of aromatic nitrogens is 1. The lowest BCUT2D eigenvalue weighted by Gasteiger charge is -2.09. The molecule has 0 saturated heterocycles. The molecule has 1 heterocycles. The molecule has 2 aromatic rings. The molecular weight excluding hydrogens is 334 g/mol. The van der Waals surface area contributed by atoms with Crippen LogP contribution in [0.5, 0.6) is 0 Å². The minimum atomic E-state index is -0.273. The van der Waals surface area contributed by atoms with E-state index >= 15 is 0 Å². The molecule has 1 aromatic carbocycles. The largest absolute Gasteiger partial charge is 0.396 e. The highest BCUT2D eigenvalue weighted by atomic mass is 127. The van der Waals surface area contributed by atoms with Gasteiger partial charge in [-0.05, 0) is 52.9 Å². The Kier molecular flexibility index (Phi) is 3.32. The molecule has 6 heteroatoms. The molecule has 17 heavy (non-hydrogen) atoms. The number of benzene rings is 1. The molecule has 4 nitrogen and oxygen atoms in total. The Morgan fingerprint density at radius 1 is 1.18 bits per heavy atom. The standard InChI is InChI=1S/C11H10FIN4/c12-6-1-3-9(7(13)5-6)16-10-4-2-8(14)11(15)17-10/h1-5H,14H2,(H3,15,16,17). The van der Waals surface area contributed by atoms with Crippen LogP contribution in [0.2, 0.25) is 0 Å². The average Bonchev–Trinajstić information content (AvgIpc) is 2.27. The van der Waals surface area contributed by atoms with E-state index in [1.807, 2.05) is 22.6 Å². The lowest BCUT2D eigenvalue weighted by molar-refractivity contribution is 0.627. The SMILES string of the molecule is Nc1ccc(Nc2ccc(F)cc2I)nc1N. The molecule has 0 spiro atoms. The molecule has 5 N–H and O–H groups in total. The summed E-state index contributed by atoms with van der Waals surface area (Å²) in [6.07, 6.45) is 0. The molecule has 0 radical (unpaired) electrons. The summed E-state index contributed by atoms with van der Waals surface area (Å²) in [6.45, 7) is 0. The summed E-state index contributed by atoms with van der Waals surface area (Å²) in [7, 11) is 0. The second kappa shape index (κ2) is 4.74. The zero-order valence-electron chi connectivity index (χ0n) is 8.74. The van der Waals surface area contributed by atoms with Gasteiger partial charge in [-0.3, -0.25) is 0 Å². The number of rotatable bonds is 2. The molecule has 88 valence electrons. The first-order chi connectivity index (χ1) is 8.06. The molecule has 0 atom stereocenters. The number of nitrogen functional groups attached to an aromatic ring is 2. The maximum Gasteiger partial charge on any atom is 0.149 e. The summed E-state index contributed by atoms with van der Waals surface area (Å²) in [4.78, 5) is 4.08. The molecule has 0 unspecified atom stereocenters. The molecular formula is C11H10FIN4. The number of nitrogens with two attached hydrogens (primary N) is 2. The van der Waals surface area contributed by atoms with Gasteiger partial charge in [-0.15, -0.1) is 0 Å². The third-order valence-corrected chi connectivity index (χ3v) is 3.04. The van der Waals surface area contributed by atoms with Crippen molar-refractivity contribution in [2.24, 2.45) is 0 Å². The summed E-state index contributed by atoms with van der Waals surface area (Å²) in [6, 6.07) is 7.84. The van der Waals surface area contributed by atoms with Crippen LogP contribution < -0.4 is 16.8 Å². The second-order valence-corrected chi connectivity index (χ2v) is 4.58. The van der Waals surface area contributed by atoms with E-state index in [-0.39, 0.29) is 11.6 Å². The zero-order chi connectivity index (χ0) is 12.4. The Labute approximate surface area is 111 Å². The third-order valence-electron chi connectivity index (χ3n) is 2.15. The van der Waals surface area contributed by atoms with Crippen molar-refractivity contribution >= 4 is 45.6 Å². The van der Waals surface area contributed by atoms with Gasteiger partial charge in [0.1, 0.15) is 17.5 Å². The van der Waals surface area contributed by atoms with Crippen molar-refractivity contribution in [1.82, 2.24) is 4.98 Å². The van der Waals surface area contributed by atoms with E-state index in [0.717, 1.165) is 9.26 Å². The first kappa shape index (κ1) is 11.9. The van der Waals surface area contributed by atoms with Crippen molar-refractivity contribution in [2.45, 2.75) is 0 Å². The van der Waals surface area contributed by atoms with E-state index in [1.165, 1.54) is 12.1 Å². The summed E-state index contributed by atoms with van der Waals surface area (Å²) in [5, 5.41) is 3.05. The van der Waals surface area contributed by atoms with Crippen LogP contribution in [0.4, 0.5) is 27.4 Å². The maximum absolute atomic E-state index is 12.9. The van der Waals surface area contributed by atoms with Gasteiger partial charge in [0.25, 0.3) is 0 Å². The van der Waals surface area contributed by atoms with Gasteiger partial charge in [0.2, 0.25) is 0 Å².